The normalized spacial score (nSPS) is 22.9. The van der Waals surface area contributed by atoms with Crippen LogP contribution in [0.25, 0.3) is 0 Å². The van der Waals surface area contributed by atoms with E-state index in [2.05, 4.69) is 33.0 Å². The van der Waals surface area contributed by atoms with Gasteiger partial charge in [0.1, 0.15) is 0 Å². The zero-order chi connectivity index (χ0) is 14.5. The molecule has 114 valence electrons. The van der Waals surface area contributed by atoms with Crippen molar-refractivity contribution in [2.24, 2.45) is 0 Å². The molecule has 0 aromatic rings. The Labute approximate surface area is 115 Å². The van der Waals surface area contributed by atoms with Crippen LogP contribution in [0.5, 0.6) is 0 Å². The molecule has 3 N–H and O–H groups in total. The van der Waals surface area contributed by atoms with Crippen molar-refractivity contribution < 1.29 is 19.9 Å². The van der Waals surface area contributed by atoms with Gasteiger partial charge in [-0.2, -0.15) is 0 Å². The average molecular weight is 276 g/mol. The minimum absolute atomic E-state index is 0.0180. The lowest BCUT2D eigenvalue weighted by atomic mass is 9.80. The molecule has 0 bridgehead atoms. The summed E-state index contributed by atoms with van der Waals surface area (Å²) in [5, 5.41) is 22.8. The lowest BCUT2D eigenvalue weighted by molar-refractivity contribution is -0.396. The van der Waals surface area contributed by atoms with Crippen LogP contribution in [0, 0.1) is 0 Å². The summed E-state index contributed by atoms with van der Waals surface area (Å²) in [6, 6.07) is 0.0874. The van der Waals surface area contributed by atoms with Crippen molar-refractivity contribution in [2.75, 3.05) is 26.4 Å². The van der Waals surface area contributed by atoms with Crippen molar-refractivity contribution in [1.29, 1.82) is 0 Å². The molecule has 0 unspecified atom stereocenters. The second-order valence-corrected chi connectivity index (χ2v) is 6.35. The SMILES string of the molecule is CC1(C)CC(N(OCCO)OCCO)CC(C)(C)N1. The molecule has 1 aliphatic rings. The standard InChI is InChI=1S/C13H28N2O4/c1-12(2)9-11(10-13(3,4)14-12)15(18-7-5-16)19-8-6-17/h11,14,16-17H,5-10H2,1-4H3. The Bertz CT molecular complexity index is 247. The van der Waals surface area contributed by atoms with Gasteiger partial charge in [-0.3, -0.25) is 9.68 Å². The molecule has 0 amide bonds. The van der Waals surface area contributed by atoms with Gasteiger partial charge in [-0.1, -0.05) is 5.23 Å². The zero-order valence-corrected chi connectivity index (χ0v) is 12.5. The van der Waals surface area contributed by atoms with Gasteiger partial charge in [0.25, 0.3) is 0 Å². The highest BCUT2D eigenvalue weighted by atomic mass is 17.0. The maximum Gasteiger partial charge on any atom is 0.0942 e. The predicted octanol–water partition coefficient (Wildman–Crippen LogP) is 0.445. The maximum absolute atomic E-state index is 8.88. The number of aliphatic hydroxyl groups is 2. The number of nitrogens with one attached hydrogen (secondary N) is 1. The number of nitrogens with zero attached hydrogens (tertiary/aromatic N) is 1. The summed E-state index contributed by atoms with van der Waals surface area (Å²) in [7, 11) is 0. The first-order valence-electron chi connectivity index (χ1n) is 6.86. The van der Waals surface area contributed by atoms with Gasteiger partial charge in [0.2, 0.25) is 0 Å². The van der Waals surface area contributed by atoms with Crippen LogP contribution in [0.1, 0.15) is 40.5 Å². The summed E-state index contributed by atoms with van der Waals surface area (Å²) in [5.74, 6) is 0. The molecule has 0 aromatic heterocycles. The Hall–Kier alpha value is -0.240. The van der Waals surface area contributed by atoms with Gasteiger partial charge in [-0.15, -0.1) is 0 Å². The number of hydrogen-bond donors (Lipinski definition) is 3. The number of rotatable bonds is 7. The Morgan fingerprint density at radius 2 is 1.42 bits per heavy atom. The summed E-state index contributed by atoms with van der Waals surface area (Å²) in [5.41, 5.74) is -0.0361. The third-order valence-electron chi connectivity index (χ3n) is 3.09. The molecule has 1 saturated heterocycles. The topological polar surface area (TPSA) is 74.2 Å². The van der Waals surface area contributed by atoms with Crippen LogP contribution >= 0.6 is 0 Å². The van der Waals surface area contributed by atoms with E-state index < -0.39 is 0 Å². The zero-order valence-electron chi connectivity index (χ0n) is 12.5. The van der Waals surface area contributed by atoms with E-state index in [1.807, 2.05) is 0 Å². The van der Waals surface area contributed by atoms with E-state index in [-0.39, 0.29) is 43.5 Å². The van der Waals surface area contributed by atoms with Gasteiger partial charge in [0.05, 0.1) is 32.5 Å². The molecule has 1 aliphatic heterocycles. The van der Waals surface area contributed by atoms with E-state index in [9.17, 15) is 0 Å². The minimum Gasteiger partial charge on any atom is -0.394 e. The highest BCUT2D eigenvalue weighted by Gasteiger charge is 2.41. The third-order valence-corrected chi connectivity index (χ3v) is 3.09. The molecule has 1 heterocycles. The molecule has 6 heteroatoms. The second kappa shape index (κ2) is 6.97. The quantitative estimate of drug-likeness (QED) is 0.586. The van der Waals surface area contributed by atoms with Crippen LogP contribution in [0.15, 0.2) is 0 Å². The monoisotopic (exact) mass is 276 g/mol. The number of piperidine rings is 1. The number of hydroxylamine groups is 2. The predicted molar refractivity (Wildman–Crippen MR) is 72.2 cm³/mol. The van der Waals surface area contributed by atoms with Crippen molar-refractivity contribution in [1.82, 2.24) is 10.5 Å². The lowest BCUT2D eigenvalue weighted by Gasteiger charge is -2.48. The molecule has 0 aromatic carbocycles. The van der Waals surface area contributed by atoms with Crippen molar-refractivity contribution in [3.8, 4) is 0 Å². The number of hydrogen-bond acceptors (Lipinski definition) is 6. The van der Waals surface area contributed by atoms with Crippen LogP contribution in [-0.4, -0.2) is 59.0 Å². The first kappa shape index (κ1) is 16.8. The molecule has 0 saturated carbocycles. The van der Waals surface area contributed by atoms with Gasteiger partial charge < -0.3 is 15.5 Å². The fraction of sp³-hybridized carbons (Fsp3) is 1.00. The van der Waals surface area contributed by atoms with E-state index in [0.717, 1.165) is 12.8 Å². The Kier molecular flexibility index (Phi) is 6.16. The molecular weight excluding hydrogens is 248 g/mol. The third kappa shape index (κ3) is 5.72. The van der Waals surface area contributed by atoms with Gasteiger partial charge in [0, 0.05) is 11.1 Å². The van der Waals surface area contributed by atoms with Crippen LogP contribution < -0.4 is 5.32 Å². The van der Waals surface area contributed by atoms with Crippen molar-refractivity contribution in [3.05, 3.63) is 0 Å². The van der Waals surface area contributed by atoms with E-state index in [4.69, 9.17) is 19.9 Å². The van der Waals surface area contributed by atoms with Crippen LogP contribution in [0.4, 0.5) is 0 Å². The Morgan fingerprint density at radius 1 is 1.00 bits per heavy atom. The van der Waals surface area contributed by atoms with Crippen LogP contribution in [-0.2, 0) is 9.68 Å². The van der Waals surface area contributed by atoms with Crippen LogP contribution in [0.2, 0.25) is 0 Å². The molecule has 1 rings (SSSR count). The molecule has 0 spiro atoms. The van der Waals surface area contributed by atoms with Gasteiger partial charge in [-0.25, -0.2) is 0 Å². The minimum atomic E-state index is -0.0588. The fourth-order valence-corrected chi connectivity index (χ4v) is 2.93. The van der Waals surface area contributed by atoms with Crippen molar-refractivity contribution in [2.45, 2.75) is 57.7 Å². The smallest absolute Gasteiger partial charge is 0.0942 e. The maximum atomic E-state index is 8.88. The largest absolute Gasteiger partial charge is 0.394 e. The fourth-order valence-electron chi connectivity index (χ4n) is 2.93. The first-order valence-corrected chi connectivity index (χ1v) is 6.86. The summed E-state index contributed by atoms with van der Waals surface area (Å²) < 4.78 is 0. The van der Waals surface area contributed by atoms with Gasteiger partial charge >= 0.3 is 0 Å². The number of aliphatic hydroxyl groups excluding tert-OH is 2. The first-order chi connectivity index (χ1) is 8.79. The highest BCUT2D eigenvalue weighted by molar-refractivity contribution is 4.98. The van der Waals surface area contributed by atoms with E-state index >= 15 is 0 Å². The van der Waals surface area contributed by atoms with E-state index in [0.29, 0.717) is 0 Å². The van der Waals surface area contributed by atoms with Crippen molar-refractivity contribution in [3.63, 3.8) is 0 Å². The molecule has 0 aliphatic carbocycles. The van der Waals surface area contributed by atoms with Crippen molar-refractivity contribution >= 4 is 0 Å². The summed E-state index contributed by atoms with van der Waals surface area (Å²) in [4.78, 5) is 10.9. The summed E-state index contributed by atoms with van der Waals surface area (Å²) >= 11 is 0. The summed E-state index contributed by atoms with van der Waals surface area (Å²) in [6.45, 7) is 8.86. The molecule has 1 fully saturated rings. The molecule has 0 atom stereocenters. The van der Waals surface area contributed by atoms with Gasteiger partial charge in [0.15, 0.2) is 0 Å². The summed E-state index contributed by atoms with van der Waals surface area (Å²) in [6.07, 6.45) is 1.74. The highest BCUT2D eigenvalue weighted by Crippen LogP contribution is 2.31. The van der Waals surface area contributed by atoms with E-state index in [1.165, 1.54) is 5.23 Å². The molecule has 0 radical (unpaired) electrons. The molecule has 6 nitrogen and oxygen atoms in total. The van der Waals surface area contributed by atoms with E-state index in [1.54, 1.807) is 0 Å². The average Bonchev–Trinajstić information content (AvgIpc) is 2.25. The Balaban J connectivity index is 2.69. The second-order valence-electron chi connectivity index (χ2n) is 6.35. The lowest BCUT2D eigenvalue weighted by Crippen LogP contribution is -2.62. The molecular formula is C13H28N2O4. The van der Waals surface area contributed by atoms with Crippen LogP contribution in [0.3, 0.4) is 0 Å². The van der Waals surface area contributed by atoms with Gasteiger partial charge in [-0.05, 0) is 40.5 Å². The molecule has 19 heavy (non-hydrogen) atoms. The Morgan fingerprint density at radius 3 is 1.79 bits per heavy atom.